The molecule has 0 radical (unpaired) electrons. The van der Waals surface area contributed by atoms with E-state index in [0.717, 1.165) is 36.8 Å². The number of methoxy groups -OCH3 is 1. The number of para-hydroxylation sites is 1. The third-order valence-electron chi connectivity index (χ3n) is 6.05. The van der Waals surface area contributed by atoms with E-state index in [4.69, 9.17) is 4.74 Å². The number of hydrogen-bond donors (Lipinski definition) is 2. The zero-order valence-electron chi connectivity index (χ0n) is 16.4. The Morgan fingerprint density at radius 1 is 1.07 bits per heavy atom. The van der Waals surface area contributed by atoms with Gasteiger partial charge in [-0.05, 0) is 38.1 Å². The van der Waals surface area contributed by atoms with E-state index < -0.39 is 5.41 Å². The molecule has 2 saturated heterocycles. The maximum atomic E-state index is 13.2. The van der Waals surface area contributed by atoms with Gasteiger partial charge in [-0.25, -0.2) is 0 Å². The first-order valence-corrected chi connectivity index (χ1v) is 9.99. The molecule has 2 aliphatic rings. The predicted octanol–water partition coefficient (Wildman–Crippen LogP) is 1.47. The number of H-pyrrole nitrogens is 1. The molecule has 2 N–H and O–H groups in total. The van der Waals surface area contributed by atoms with Crippen molar-refractivity contribution in [1.29, 1.82) is 0 Å². The number of aromatic nitrogens is 1. The van der Waals surface area contributed by atoms with Crippen molar-refractivity contribution in [3.63, 3.8) is 0 Å². The summed E-state index contributed by atoms with van der Waals surface area (Å²) in [7, 11) is 1.66. The number of carbonyl (C=O) groups is 2. The lowest BCUT2D eigenvalue weighted by Crippen LogP contribution is -2.57. The summed E-state index contributed by atoms with van der Waals surface area (Å²) < 4.78 is 5.40. The highest BCUT2D eigenvalue weighted by molar-refractivity contribution is 5.98. The molecule has 2 aromatic rings. The first-order valence-electron chi connectivity index (χ1n) is 9.99. The molecule has 28 heavy (non-hydrogen) atoms. The summed E-state index contributed by atoms with van der Waals surface area (Å²) in [6, 6.07) is 9.78. The number of benzene rings is 1. The molecule has 0 bridgehead atoms. The molecule has 2 amide bonds. The van der Waals surface area contributed by atoms with E-state index in [1.807, 2.05) is 40.1 Å². The number of fused-ring (bicyclic) bond motifs is 1. The number of ether oxygens (including phenoxy) is 1. The topological polar surface area (TPSA) is 77.7 Å². The van der Waals surface area contributed by atoms with Crippen LogP contribution in [0, 0.1) is 5.41 Å². The van der Waals surface area contributed by atoms with Crippen LogP contribution in [0.4, 0.5) is 0 Å². The summed E-state index contributed by atoms with van der Waals surface area (Å²) >= 11 is 0. The van der Waals surface area contributed by atoms with Crippen LogP contribution in [0.2, 0.25) is 0 Å². The Morgan fingerprint density at radius 2 is 1.75 bits per heavy atom. The van der Waals surface area contributed by atoms with Crippen LogP contribution in [0.3, 0.4) is 0 Å². The van der Waals surface area contributed by atoms with Crippen LogP contribution >= 0.6 is 0 Å². The van der Waals surface area contributed by atoms with Crippen molar-refractivity contribution in [2.24, 2.45) is 5.41 Å². The van der Waals surface area contributed by atoms with Crippen LogP contribution in [0.5, 0.6) is 0 Å². The summed E-state index contributed by atoms with van der Waals surface area (Å²) in [4.78, 5) is 33.1. The van der Waals surface area contributed by atoms with E-state index in [0.29, 0.717) is 38.5 Å². The Kier molecular flexibility index (Phi) is 5.37. The fraction of sp³-hybridized carbons (Fsp3) is 0.524. The zero-order valence-corrected chi connectivity index (χ0v) is 16.4. The molecule has 0 atom stereocenters. The minimum atomic E-state index is -0.427. The Morgan fingerprint density at radius 3 is 2.43 bits per heavy atom. The Hall–Kier alpha value is -2.38. The fourth-order valence-electron chi connectivity index (χ4n) is 4.41. The lowest BCUT2D eigenvalue weighted by molar-refractivity contribution is -0.149. The maximum Gasteiger partial charge on any atom is 0.270 e. The summed E-state index contributed by atoms with van der Waals surface area (Å²) in [5, 5.41) is 4.36. The van der Waals surface area contributed by atoms with Gasteiger partial charge in [-0.3, -0.25) is 9.59 Å². The number of nitrogens with zero attached hydrogens (tertiary/aromatic N) is 2. The van der Waals surface area contributed by atoms with Crippen molar-refractivity contribution in [2.75, 3.05) is 53.0 Å². The van der Waals surface area contributed by atoms with Crippen molar-refractivity contribution in [3.05, 3.63) is 36.0 Å². The Balaban J connectivity index is 1.41. The number of piperidine rings is 1. The first-order chi connectivity index (χ1) is 13.6. The lowest BCUT2D eigenvalue weighted by atomic mass is 9.78. The molecule has 2 fully saturated rings. The van der Waals surface area contributed by atoms with Gasteiger partial charge in [-0.15, -0.1) is 0 Å². The molecular formula is C21H28N4O3. The Labute approximate surface area is 165 Å². The van der Waals surface area contributed by atoms with E-state index >= 15 is 0 Å². The second-order valence-electron chi connectivity index (χ2n) is 7.82. The third-order valence-corrected chi connectivity index (χ3v) is 6.05. The highest BCUT2D eigenvalue weighted by atomic mass is 16.5. The van der Waals surface area contributed by atoms with Gasteiger partial charge in [0.1, 0.15) is 5.69 Å². The molecule has 0 aliphatic carbocycles. The smallest absolute Gasteiger partial charge is 0.270 e. The van der Waals surface area contributed by atoms with Crippen LogP contribution in [-0.2, 0) is 9.53 Å². The molecule has 0 spiro atoms. The normalized spacial score (nSPS) is 19.8. The quantitative estimate of drug-likeness (QED) is 0.837. The molecule has 7 nitrogen and oxygen atoms in total. The number of piperazine rings is 1. The highest BCUT2D eigenvalue weighted by Crippen LogP contribution is 2.32. The minimum Gasteiger partial charge on any atom is -0.384 e. The minimum absolute atomic E-state index is 0.00299. The van der Waals surface area contributed by atoms with E-state index in [-0.39, 0.29) is 11.8 Å². The lowest BCUT2D eigenvalue weighted by Gasteiger charge is -2.42. The number of rotatable bonds is 4. The van der Waals surface area contributed by atoms with Gasteiger partial charge < -0.3 is 24.8 Å². The van der Waals surface area contributed by atoms with Crippen LogP contribution in [0.1, 0.15) is 23.3 Å². The van der Waals surface area contributed by atoms with Gasteiger partial charge >= 0.3 is 0 Å². The second-order valence-corrected chi connectivity index (χ2v) is 7.82. The molecule has 0 saturated carbocycles. The largest absolute Gasteiger partial charge is 0.384 e. The number of hydrogen-bond acceptors (Lipinski definition) is 4. The number of nitrogens with one attached hydrogen (secondary N) is 2. The van der Waals surface area contributed by atoms with Crippen molar-refractivity contribution in [1.82, 2.24) is 20.1 Å². The molecule has 2 aliphatic heterocycles. The van der Waals surface area contributed by atoms with Crippen LogP contribution in [0.25, 0.3) is 10.9 Å². The van der Waals surface area contributed by atoms with Crippen LogP contribution < -0.4 is 5.32 Å². The summed E-state index contributed by atoms with van der Waals surface area (Å²) in [5.41, 5.74) is 1.14. The van der Waals surface area contributed by atoms with Gasteiger partial charge in [-0.2, -0.15) is 0 Å². The van der Waals surface area contributed by atoms with Crippen molar-refractivity contribution >= 4 is 22.7 Å². The number of carbonyl (C=O) groups excluding carboxylic acids is 2. The molecular weight excluding hydrogens is 356 g/mol. The summed E-state index contributed by atoms with van der Waals surface area (Å²) in [6.07, 6.45) is 1.60. The SMILES string of the molecule is COCC1(C(=O)N2CCN(C(=O)c3cc4ccccc4[nH]3)CC2)CCNCC1. The van der Waals surface area contributed by atoms with E-state index in [1.54, 1.807) is 7.11 Å². The number of amides is 2. The highest BCUT2D eigenvalue weighted by Gasteiger charge is 2.43. The molecule has 4 rings (SSSR count). The van der Waals surface area contributed by atoms with Crippen molar-refractivity contribution < 1.29 is 14.3 Å². The van der Waals surface area contributed by atoms with Gasteiger partial charge in [0.05, 0.1) is 12.0 Å². The number of aromatic amines is 1. The van der Waals surface area contributed by atoms with Crippen LogP contribution in [0.15, 0.2) is 30.3 Å². The van der Waals surface area contributed by atoms with E-state index in [9.17, 15) is 9.59 Å². The average Bonchev–Trinajstić information content (AvgIpc) is 3.18. The molecule has 150 valence electrons. The van der Waals surface area contributed by atoms with Crippen molar-refractivity contribution in [3.8, 4) is 0 Å². The predicted molar refractivity (Wildman–Crippen MR) is 107 cm³/mol. The van der Waals surface area contributed by atoms with E-state index in [1.165, 1.54) is 0 Å². The summed E-state index contributed by atoms with van der Waals surface area (Å²) in [5.74, 6) is 0.172. The molecule has 0 unspecified atom stereocenters. The maximum absolute atomic E-state index is 13.2. The molecule has 1 aromatic heterocycles. The van der Waals surface area contributed by atoms with E-state index in [2.05, 4.69) is 10.3 Å². The van der Waals surface area contributed by atoms with Crippen LogP contribution in [-0.4, -0.2) is 79.6 Å². The first kappa shape index (κ1) is 19.0. The molecule has 1 aromatic carbocycles. The second kappa shape index (κ2) is 7.93. The van der Waals surface area contributed by atoms with Gasteiger partial charge in [0, 0.05) is 44.2 Å². The van der Waals surface area contributed by atoms with Gasteiger partial charge in [0.15, 0.2) is 0 Å². The van der Waals surface area contributed by atoms with Gasteiger partial charge in [-0.1, -0.05) is 18.2 Å². The fourth-order valence-corrected chi connectivity index (χ4v) is 4.41. The summed E-state index contributed by atoms with van der Waals surface area (Å²) in [6.45, 7) is 4.40. The average molecular weight is 384 g/mol. The Bertz CT molecular complexity index is 810. The van der Waals surface area contributed by atoms with Gasteiger partial charge in [0.2, 0.25) is 5.91 Å². The standard InChI is InChI=1S/C21H28N4O3/c1-28-15-21(6-8-22-9-7-21)20(27)25-12-10-24(11-13-25)19(26)18-14-16-4-2-3-5-17(16)23-18/h2-5,14,22-23H,6-13,15H2,1H3. The van der Waals surface area contributed by atoms with Crippen molar-refractivity contribution in [2.45, 2.75) is 12.8 Å². The zero-order chi connectivity index (χ0) is 19.6. The third kappa shape index (κ3) is 3.52. The monoisotopic (exact) mass is 384 g/mol. The molecule has 7 heteroatoms. The molecule has 3 heterocycles. The van der Waals surface area contributed by atoms with Gasteiger partial charge in [0.25, 0.3) is 5.91 Å².